The van der Waals surface area contributed by atoms with E-state index in [-0.39, 0.29) is 0 Å². The summed E-state index contributed by atoms with van der Waals surface area (Å²) >= 11 is 0. The molecule has 3 aromatic heterocycles. The van der Waals surface area contributed by atoms with E-state index in [1.54, 1.807) is 36.9 Å². The fourth-order valence-corrected chi connectivity index (χ4v) is 1.58. The molecule has 0 aromatic carbocycles. The SMILES string of the molecule is c1cc(OCc2nc(-c3ccncc3)n[nH]2)ccn1. The summed E-state index contributed by atoms with van der Waals surface area (Å²) in [5.41, 5.74) is 0.918. The van der Waals surface area contributed by atoms with E-state index >= 15 is 0 Å². The summed E-state index contributed by atoms with van der Waals surface area (Å²) in [7, 11) is 0. The normalized spacial score (nSPS) is 10.3. The number of pyridine rings is 2. The first-order chi connectivity index (χ1) is 9.42. The molecule has 0 amide bonds. The zero-order chi connectivity index (χ0) is 12.9. The van der Waals surface area contributed by atoms with Crippen molar-refractivity contribution in [2.24, 2.45) is 0 Å². The van der Waals surface area contributed by atoms with Crippen molar-refractivity contribution in [2.45, 2.75) is 6.61 Å². The summed E-state index contributed by atoms with van der Waals surface area (Å²) in [4.78, 5) is 12.2. The average Bonchev–Trinajstić information content (AvgIpc) is 2.96. The van der Waals surface area contributed by atoms with Gasteiger partial charge in [-0.1, -0.05) is 0 Å². The molecular formula is C13H11N5O. The fraction of sp³-hybridized carbons (Fsp3) is 0.0769. The predicted octanol–water partition coefficient (Wildman–Crippen LogP) is 1.84. The Morgan fingerprint density at radius 1 is 0.947 bits per heavy atom. The largest absolute Gasteiger partial charge is 0.486 e. The van der Waals surface area contributed by atoms with Gasteiger partial charge in [-0.3, -0.25) is 15.1 Å². The molecule has 0 spiro atoms. The summed E-state index contributed by atoms with van der Waals surface area (Å²) in [5, 5.41) is 6.99. The molecule has 0 saturated carbocycles. The maximum Gasteiger partial charge on any atom is 0.181 e. The third-order valence-electron chi connectivity index (χ3n) is 2.50. The number of nitrogens with one attached hydrogen (secondary N) is 1. The average molecular weight is 253 g/mol. The van der Waals surface area contributed by atoms with Crippen LogP contribution in [0.4, 0.5) is 0 Å². The second-order valence-electron chi connectivity index (χ2n) is 3.81. The number of rotatable bonds is 4. The first kappa shape index (κ1) is 11.3. The molecule has 0 aliphatic heterocycles. The second-order valence-corrected chi connectivity index (χ2v) is 3.81. The number of aromatic amines is 1. The van der Waals surface area contributed by atoms with Gasteiger partial charge in [-0.2, -0.15) is 5.10 Å². The van der Waals surface area contributed by atoms with Gasteiger partial charge in [0.05, 0.1) is 0 Å². The third-order valence-corrected chi connectivity index (χ3v) is 2.50. The van der Waals surface area contributed by atoms with Gasteiger partial charge in [-0.05, 0) is 24.3 Å². The number of ether oxygens (including phenoxy) is 1. The van der Waals surface area contributed by atoms with Crippen molar-refractivity contribution in [3.05, 3.63) is 54.9 Å². The van der Waals surface area contributed by atoms with Gasteiger partial charge in [0, 0.05) is 30.4 Å². The van der Waals surface area contributed by atoms with E-state index < -0.39 is 0 Å². The molecule has 3 rings (SSSR count). The molecule has 0 unspecified atom stereocenters. The van der Waals surface area contributed by atoms with E-state index in [0.717, 1.165) is 11.3 Å². The number of H-pyrrole nitrogens is 1. The lowest BCUT2D eigenvalue weighted by Crippen LogP contribution is -1.97. The molecule has 19 heavy (non-hydrogen) atoms. The van der Waals surface area contributed by atoms with Crippen LogP contribution in [-0.2, 0) is 6.61 Å². The zero-order valence-corrected chi connectivity index (χ0v) is 10.0. The highest BCUT2D eigenvalue weighted by Gasteiger charge is 2.05. The van der Waals surface area contributed by atoms with Gasteiger partial charge in [0.15, 0.2) is 11.6 Å². The monoisotopic (exact) mass is 253 g/mol. The van der Waals surface area contributed by atoms with Crippen molar-refractivity contribution in [3.8, 4) is 17.1 Å². The van der Waals surface area contributed by atoms with Crippen LogP contribution in [0.25, 0.3) is 11.4 Å². The van der Waals surface area contributed by atoms with E-state index in [2.05, 4.69) is 25.1 Å². The van der Waals surface area contributed by atoms with E-state index in [1.807, 2.05) is 12.1 Å². The number of aromatic nitrogens is 5. The molecule has 0 aliphatic rings. The summed E-state index contributed by atoms with van der Waals surface area (Å²) in [5.74, 6) is 2.05. The molecule has 0 fully saturated rings. The van der Waals surface area contributed by atoms with Crippen molar-refractivity contribution in [2.75, 3.05) is 0 Å². The highest BCUT2D eigenvalue weighted by atomic mass is 16.5. The van der Waals surface area contributed by atoms with Crippen LogP contribution in [0.1, 0.15) is 5.82 Å². The van der Waals surface area contributed by atoms with Crippen molar-refractivity contribution < 1.29 is 4.74 Å². The minimum absolute atomic E-state index is 0.335. The molecule has 6 nitrogen and oxygen atoms in total. The second kappa shape index (κ2) is 5.26. The maximum absolute atomic E-state index is 5.56. The van der Waals surface area contributed by atoms with Gasteiger partial charge < -0.3 is 4.74 Å². The Morgan fingerprint density at radius 2 is 1.63 bits per heavy atom. The Kier molecular flexibility index (Phi) is 3.14. The molecule has 1 N–H and O–H groups in total. The van der Waals surface area contributed by atoms with Gasteiger partial charge >= 0.3 is 0 Å². The van der Waals surface area contributed by atoms with Gasteiger partial charge in [0.1, 0.15) is 12.4 Å². The van der Waals surface area contributed by atoms with E-state index in [1.165, 1.54) is 0 Å². The summed E-state index contributed by atoms with van der Waals surface area (Å²) in [6.45, 7) is 0.335. The van der Waals surface area contributed by atoms with Gasteiger partial charge in [0.2, 0.25) is 0 Å². The van der Waals surface area contributed by atoms with Crippen LogP contribution >= 0.6 is 0 Å². The molecule has 3 heterocycles. The number of hydrogen-bond donors (Lipinski definition) is 1. The smallest absolute Gasteiger partial charge is 0.181 e. The molecule has 3 aromatic rings. The van der Waals surface area contributed by atoms with Crippen LogP contribution in [0.2, 0.25) is 0 Å². The third kappa shape index (κ3) is 2.74. The van der Waals surface area contributed by atoms with E-state index in [9.17, 15) is 0 Å². The Bertz CT molecular complexity index is 638. The summed E-state index contributed by atoms with van der Waals surface area (Å²) in [6, 6.07) is 7.30. The highest BCUT2D eigenvalue weighted by molar-refractivity contribution is 5.52. The van der Waals surface area contributed by atoms with Crippen molar-refractivity contribution in [1.29, 1.82) is 0 Å². The highest BCUT2D eigenvalue weighted by Crippen LogP contribution is 2.13. The Morgan fingerprint density at radius 3 is 2.37 bits per heavy atom. The van der Waals surface area contributed by atoms with E-state index in [4.69, 9.17) is 4.74 Å². The van der Waals surface area contributed by atoms with Crippen molar-refractivity contribution in [3.63, 3.8) is 0 Å². The van der Waals surface area contributed by atoms with Crippen LogP contribution in [0.15, 0.2) is 49.1 Å². The van der Waals surface area contributed by atoms with Crippen LogP contribution < -0.4 is 4.74 Å². The van der Waals surface area contributed by atoms with Crippen LogP contribution in [0, 0.1) is 0 Å². The Labute approximate surface area is 109 Å². The Balaban J connectivity index is 1.69. The lowest BCUT2D eigenvalue weighted by molar-refractivity contribution is 0.296. The topological polar surface area (TPSA) is 76.6 Å². The minimum Gasteiger partial charge on any atom is -0.486 e. The zero-order valence-electron chi connectivity index (χ0n) is 10.0. The lowest BCUT2D eigenvalue weighted by atomic mass is 10.2. The fourth-order valence-electron chi connectivity index (χ4n) is 1.58. The molecule has 94 valence electrons. The first-order valence-electron chi connectivity index (χ1n) is 5.76. The lowest BCUT2D eigenvalue weighted by Gasteiger charge is -2.01. The summed E-state index contributed by atoms with van der Waals surface area (Å²) in [6.07, 6.45) is 6.77. The van der Waals surface area contributed by atoms with Crippen molar-refractivity contribution in [1.82, 2.24) is 25.1 Å². The summed E-state index contributed by atoms with van der Waals surface area (Å²) < 4.78 is 5.56. The maximum atomic E-state index is 5.56. The number of nitrogens with zero attached hydrogens (tertiary/aromatic N) is 4. The molecule has 0 aliphatic carbocycles. The molecule has 0 atom stereocenters. The molecule has 0 radical (unpaired) electrons. The molecular weight excluding hydrogens is 242 g/mol. The van der Waals surface area contributed by atoms with Crippen LogP contribution in [-0.4, -0.2) is 25.1 Å². The molecule has 0 bridgehead atoms. The first-order valence-corrected chi connectivity index (χ1v) is 5.76. The van der Waals surface area contributed by atoms with Gasteiger partial charge in [0.25, 0.3) is 0 Å². The predicted molar refractivity (Wildman–Crippen MR) is 68.2 cm³/mol. The molecule has 0 saturated heterocycles. The van der Waals surface area contributed by atoms with Crippen molar-refractivity contribution >= 4 is 0 Å². The van der Waals surface area contributed by atoms with Crippen LogP contribution in [0.3, 0.4) is 0 Å². The minimum atomic E-state index is 0.335. The van der Waals surface area contributed by atoms with E-state index in [0.29, 0.717) is 18.3 Å². The Hall–Kier alpha value is -2.76. The standard InChI is InChI=1S/C13H11N5O/c1-5-14-6-2-10(1)13-16-12(17-18-13)9-19-11-3-7-15-8-4-11/h1-8H,9H2,(H,16,17,18). The number of hydrogen-bond acceptors (Lipinski definition) is 5. The van der Waals surface area contributed by atoms with Crippen LogP contribution in [0.5, 0.6) is 5.75 Å². The quantitative estimate of drug-likeness (QED) is 0.767. The van der Waals surface area contributed by atoms with Gasteiger partial charge in [-0.25, -0.2) is 4.98 Å². The van der Waals surface area contributed by atoms with Gasteiger partial charge in [-0.15, -0.1) is 0 Å². The molecule has 6 heteroatoms.